The predicted molar refractivity (Wildman–Crippen MR) is 70.6 cm³/mol. The second-order valence-corrected chi connectivity index (χ2v) is 5.37. The van der Waals surface area contributed by atoms with Crippen LogP contribution >= 0.6 is 15.9 Å². The van der Waals surface area contributed by atoms with E-state index in [9.17, 15) is 0 Å². The van der Waals surface area contributed by atoms with Gasteiger partial charge in [0.25, 0.3) is 0 Å². The van der Waals surface area contributed by atoms with Crippen LogP contribution in [-0.4, -0.2) is 28.3 Å². The Morgan fingerprint density at radius 3 is 2.94 bits per heavy atom. The van der Waals surface area contributed by atoms with Gasteiger partial charge in [0, 0.05) is 30.8 Å². The molecular weight excluding hydrogens is 264 g/mol. The lowest BCUT2D eigenvalue weighted by Gasteiger charge is -2.32. The number of aromatic nitrogens is 1. The van der Waals surface area contributed by atoms with E-state index >= 15 is 0 Å². The van der Waals surface area contributed by atoms with Gasteiger partial charge < -0.3 is 0 Å². The molecule has 1 aliphatic rings. The van der Waals surface area contributed by atoms with Gasteiger partial charge in [-0.3, -0.25) is 9.88 Å². The largest absolute Gasteiger partial charge is 0.299 e. The molecule has 2 rings (SSSR count). The second kappa shape index (κ2) is 6.36. The van der Waals surface area contributed by atoms with E-state index in [4.69, 9.17) is 0 Å². The van der Waals surface area contributed by atoms with Crippen LogP contribution in [0.1, 0.15) is 24.8 Å². The zero-order valence-electron chi connectivity index (χ0n) is 9.61. The van der Waals surface area contributed by atoms with Crippen molar-refractivity contribution in [3.63, 3.8) is 0 Å². The van der Waals surface area contributed by atoms with Crippen molar-refractivity contribution < 1.29 is 0 Å². The average molecular weight is 283 g/mol. The van der Waals surface area contributed by atoms with Gasteiger partial charge in [-0.25, -0.2) is 0 Å². The third-order valence-electron chi connectivity index (χ3n) is 3.28. The molecule has 3 heteroatoms. The van der Waals surface area contributed by atoms with E-state index in [-0.39, 0.29) is 0 Å². The summed E-state index contributed by atoms with van der Waals surface area (Å²) in [5, 5.41) is 1.14. The van der Waals surface area contributed by atoms with Gasteiger partial charge in [-0.2, -0.15) is 0 Å². The zero-order valence-corrected chi connectivity index (χ0v) is 11.2. The number of hydrogen-bond acceptors (Lipinski definition) is 2. The molecule has 1 fully saturated rings. The van der Waals surface area contributed by atoms with E-state index in [0.717, 1.165) is 17.8 Å². The van der Waals surface area contributed by atoms with Crippen LogP contribution in [-0.2, 0) is 6.54 Å². The van der Waals surface area contributed by atoms with Crippen molar-refractivity contribution >= 4 is 15.9 Å². The molecule has 0 bridgehead atoms. The van der Waals surface area contributed by atoms with Gasteiger partial charge >= 0.3 is 0 Å². The van der Waals surface area contributed by atoms with Crippen molar-refractivity contribution in [2.75, 3.05) is 18.4 Å². The molecule has 88 valence electrons. The molecule has 0 aliphatic carbocycles. The summed E-state index contributed by atoms with van der Waals surface area (Å²) in [4.78, 5) is 6.63. The Morgan fingerprint density at radius 2 is 2.19 bits per heavy atom. The maximum atomic E-state index is 4.06. The number of likely N-dealkylation sites (tertiary alicyclic amines) is 1. The van der Waals surface area contributed by atoms with Crippen LogP contribution in [0.25, 0.3) is 0 Å². The fourth-order valence-corrected chi connectivity index (χ4v) is 3.08. The Kier molecular flexibility index (Phi) is 4.79. The van der Waals surface area contributed by atoms with Gasteiger partial charge in [-0.1, -0.05) is 15.9 Å². The molecule has 2 nitrogen and oxygen atoms in total. The number of halogens is 1. The van der Waals surface area contributed by atoms with E-state index < -0.39 is 0 Å². The maximum Gasteiger partial charge on any atom is 0.0271 e. The lowest BCUT2D eigenvalue weighted by atomic mass is 9.95. The minimum Gasteiger partial charge on any atom is -0.299 e. The molecule has 1 aliphatic heterocycles. The van der Waals surface area contributed by atoms with Crippen LogP contribution in [0, 0.1) is 5.92 Å². The molecule has 2 heterocycles. The lowest BCUT2D eigenvalue weighted by Crippen LogP contribution is -2.35. The number of pyridine rings is 1. The summed E-state index contributed by atoms with van der Waals surface area (Å²) in [6.45, 7) is 3.59. The standard InChI is InChI=1S/C13H19BrN2/c14-6-3-12-2-1-9-16(10-12)11-13-4-7-15-8-5-13/h4-5,7-8,12H,1-3,6,9-11H2. The van der Waals surface area contributed by atoms with Gasteiger partial charge in [0.15, 0.2) is 0 Å². The number of piperidine rings is 1. The lowest BCUT2D eigenvalue weighted by molar-refractivity contribution is 0.165. The van der Waals surface area contributed by atoms with Crippen molar-refractivity contribution in [2.45, 2.75) is 25.8 Å². The second-order valence-electron chi connectivity index (χ2n) is 4.58. The molecule has 0 radical (unpaired) electrons. The van der Waals surface area contributed by atoms with Crippen LogP contribution in [0.15, 0.2) is 24.5 Å². The molecule has 1 aromatic heterocycles. The summed E-state index contributed by atoms with van der Waals surface area (Å²) in [5.74, 6) is 0.884. The molecule has 0 saturated carbocycles. The van der Waals surface area contributed by atoms with Crippen LogP contribution in [0.3, 0.4) is 0 Å². The average Bonchev–Trinajstić information content (AvgIpc) is 2.31. The summed E-state index contributed by atoms with van der Waals surface area (Å²) in [6, 6.07) is 4.24. The van der Waals surface area contributed by atoms with E-state index in [2.05, 4.69) is 37.9 Å². The van der Waals surface area contributed by atoms with E-state index in [1.54, 1.807) is 0 Å². The molecule has 0 aromatic carbocycles. The van der Waals surface area contributed by atoms with Crippen LogP contribution in [0.4, 0.5) is 0 Å². The van der Waals surface area contributed by atoms with E-state index in [1.807, 2.05) is 12.4 Å². The highest BCUT2D eigenvalue weighted by Crippen LogP contribution is 2.21. The molecule has 16 heavy (non-hydrogen) atoms. The first-order chi connectivity index (χ1) is 7.88. The number of nitrogens with zero attached hydrogens (tertiary/aromatic N) is 2. The van der Waals surface area contributed by atoms with Crippen molar-refractivity contribution in [3.05, 3.63) is 30.1 Å². The Hall–Kier alpha value is -0.410. The highest BCUT2D eigenvalue weighted by molar-refractivity contribution is 9.09. The zero-order chi connectivity index (χ0) is 11.2. The topological polar surface area (TPSA) is 16.1 Å². The van der Waals surface area contributed by atoms with Crippen molar-refractivity contribution in [1.82, 2.24) is 9.88 Å². The first-order valence-corrected chi connectivity index (χ1v) is 7.18. The number of alkyl halides is 1. The SMILES string of the molecule is BrCCC1CCCN(Cc2ccncc2)C1. The number of hydrogen-bond donors (Lipinski definition) is 0. The van der Waals surface area contributed by atoms with Crippen LogP contribution in [0.2, 0.25) is 0 Å². The van der Waals surface area contributed by atoms with Crippen molar-refractivity contribution in [1.29, 1.82) is 0 Å². The summed E-state index contributed by atoms with van der Waals surface area (Å²) < 4.78 is 0. The minimum absolute atomic E-state index is 0.884. The normalized spacial score (nSPS) is 22.2. The molecule has 1 unspecified atom stereocenters. The molecule has 1 atom stereocenters. The van der Waals surface area contributed by atoms with Gasteiger partial charge in [-0.15, -0.1) is 0 Å². The minimum atomic E-state index is 0.884. The fourth-order valence-electron chi connectivity index (χ4n) is 2.43. The van der Waals surface area contributed by atoms with Crippen LogP contribution in [0.5, 0.6) is 0 Å². The van der Waals surface area contributed by atoms with Gasteiger partial charge in [0.1, 0.15) is 0 Å². The first kappa shape index (κ1) is 12.1. The van der Waals surface area contributed by atoms with Gasteiger partial charge in [0.2, 0.25) is 0 Å². The fraction of sp³-hybridized carbons (Fsp3) is 0.615. The third kappa shape index (κ3) is 3.56. The van der Waals surface area contributed by atoms with Crippen LogP contribution < -0.4 is 0 Å². The highest BCUT2D eigenvalue weighted by Gasteiger charge is 2.19. The summed E-state index contributed by atoms with van der Waals surface area (Å²) in [7, 11) is 0. The highest BCUT2D eigenvalue weighted by atomic mass is 79.9. The quantitative estimate of drug-likeness (QED) is 0.789. The Morgan fingerprint density at radius 1 is 1.38 bits per heavy atom. The summed E-state index contributed by atoms with van der Waals surface area (Å²) in [6.07, 6.45) is 7.83. The molecule has 0 spiro atoms. The Balaban J connectivity index is 1.85. The van der Waals surface area contributed by atoms with Crippen molar-refractivity contribution in [3.8, 4) is 0 Å². The molecule has 0 N–H and O–H groups in total. The summed E-state index contributed by atoms with van der Waals surface area (Å²) in [5.41, 5.74) is 1.38. The monoisotopic (exact) mass is 282 g/mol. The third-order valence-corrected chi connectivity index (χ3v) is 3.73. The van der Waals surface area contributed by atoms with E-state index in [0.29, 0.717) is 0 Å². The van der Waals surface area contributed by atoms with Gasteiger partial charge in [0.05, 0.1) is 0 Å². The summed E-state index contributed by atoms with van der Waals surface area (Å²) >= 11 is 3.54. The van der Waals surface area contributed by atoms with Crippen molar-refractivity contribution in [2.24, 2.45) is 5.92 Å². The molecule has 0 amide bonds. The molecular formula is C13H19BrN2. The first-order valence-electron chi connectivity index (χ1n) is 6.05. The Labute approximate surface area is 106 Å². The maximum absolute atomic E-state index is 4.06. The van der Waals surface area contributed by atoms with Gasteiger partial charge in [-0.05, 0) is 49.4 Å². The molecule has 1 aromatic rings. The predicted octanol–water partition coefficient (Wildman–Crippen LogP) is 3.08. The number of rotatable bonds is 4. The smallest absolute Gasteiger partial charge is 0.0271 e. The Bertz CT molecular complexity index is 300. The molecule has 1 saturated heterocycles. The van der Waals surface area contributed by atoms with E-state index in [1.165, 1.54) is 37.9 Å².